The highest BCUT2D eigenvalue weighted by molar-refractivity contribution is 5.92. The number of carbonyl (C=O) groups excluding carboxylic acids is 1. The second-order valence-corrected chi connectivity index (χ2v) is 5.87. The highest BCUT2D eigenvalue weighted by atomic mass is 16.5. The predicted octanol–water partition coefficient (Wildman–Crippen LogP) is 1.50. The average Bonchev–Trinajstić information content (AvgIpc) is 3.20. The largest absolute Gasteiger partial charge is 0.372 e. The summed E-state index contributed by atoms with van der Waals surface area (Å²) < 4.78 is 7.62. The second-order valence-electron chi connectivity index (χ2n) is 5.87. The molecule has 0 unspecified atom stereocenters. The third kappa shape index (κ3) is 3.14. The van der Waals surface area contributed by atoms with Gasteiger partial charge in [0.15, 0.2) is 0 Å². The molecule has 7 nitrogen and oxygen atoms in total. The van der Waals surface area contributed by atoms with Gasteiger partial charge in [0.2, 0.25) is 0 Å². The first kappa shape index (κ1) is 16.1. The first-order chi connectivity index (χ1) is 11.6. The summed E-state index contributed by atoms with van der Waals surface area (Å²) in [6.07, 6.45) is 2.57. The third-order valence-corrected chi connectivity index (χ3v) is 4.33. The summed E-state index contributed by atoms with van der Waals surface area (Å²) in [6, 6.07) is 7.18. The van der Waals surface area contributed by atoms with E-state index in [1.165, 1.54) is 0 Å². The number of nitriles is 1. The lowest BCUT2D eigenvalue weighted by Crippen LogP contribution is -2.31. The van der Waals surface area contributed by atoms with Crippen molar-refractivity contribution in [1.29, 1.82) is 5.26 Å². The predicted molar refractivity (Wildman–Crippen MR) is 86.0 cm³/mol. The van der Waals surface area contributed by atoms with Crippen molar-refractivity contribution in [2.75, 3.05) is 13.2 Å². The molecule has 1 fully saturated rings. The Morgan fingerprint density at radius 1 is 1.50 bits per heavy atom. The van der Waals surface area contributed by atoms with Gasteiger partial charge in [0.1, 0.15) is 17.9 Å². The van der Waals surface area contributed by atoms with Gasteiger partial charge in [0.25, 0.3) is 5.91 Å². The number of nitrogens with zero attached hydrogens (tertiary/aromatic N) is 4. The maximum atomic E-state index is 12.3. The molecule has 0 bridgehead atoms. The summed E-state index contributed by atoms with van der Waals surface area (Å²) in [7, 11) is 1.89. The van der Waals surface area contributed by atoms with Crippen molar-refractivity contribution >= 4 is 5.91 Å². The molecule has 124 valence electrons. The van der Waals surface area contributed by atoms with E-state index in [4.69, 9.17) is 10.00 Å². The van der Waals surface area contributed by atoms with Crippen molar-refractivity contribution in [3.05, 3.63) is 47.0 Å². The molecule has 1 saturated heterocycles. The quantitative estimate of drug-likeness (QED) is 0.919. The average molecular weight is 325 g/mol. The van der Waals surface area contributed by atoms with Crippen LogP contribution < -0.4 is 5.32 Å². The number of ether oxygens (including phenoxy) is 1. The van der Waals surface area contributed by atoms with Gasteiger partial charge >= 0.3 is 0 Å². The van der Waals surface area contributed by atoms with E-state index in [0.717, 1.165) is 12.1 Å². The number of carbonyl (C=O) groups is 1. The normalized spacial score (nSPS) is 19.9. The van der Waals surface area contributed by atoms with Gasteiger partial charge in [-0.2, -0.15) is 10.4 Å². The standard InChI is InChI=1S/C17H19N5O2/c1-11-12(9-18)3-4-14(21-11)17(23)19-10-13-6-8-24-16(13)15-5-7-20-22(15)2/h3-5,7,13,16H,6,8,10H2,1-2H3,(H,19,23)/t13-,16+/m0/s1. The molecule has 1 amide bonds. The number of aromatic nitrogens is 3. The Morgan fingerprint density at radius 3 is 3.00 bits per heavy atom. The lowest BCUT2D eigenvalue weighted by Gasteiger charge is -2.19. The van der Waals surface area contributed by atoms with Crippen LogP contribution in [0.3, 0.4) is 0 Å². The Morgan fingerprint density at radius 2 is 2.33 bits per heavy atom. The smallest absolute Gasteiger partial charge is 0.269 e. The summed E-state index contributed by atoms with van der Waals surface area (Å²) in [5.41, 5.74) is 2.37. The molecular formula is C17H19N5O2. The van der Waals surface area contributed by atoms with E-state index in [1.54, 1.807) is 29.9 Å². The van der Waals surface area contributed by atoms with E-state index in [0.29, 0.717) is 30.1 Å². The van der Waals surface area contributed by atoms with Gasteiger partial charge in [-0.1, -0.05) is 0 Å². The summed E-state index contributed by atoms with van der Waals surface area (Å²) in [4.78, 5) is 16.5. The maximum Gasteiger partial charge on any atom is 0.269 e. The zero-order chi connectivity index (χ0) is 17.1. The molecule has 0 aliphatic carbocycles. The van der Waals surface area contributed by atoms with Crippen LogP contribution >= 0.6 is 0 Å². The van der Waals surface area contributed by atoms with E-state index in [-0.39, 0.29) is 17.9 Å². The van der Waals surface area contributed by atoms with Crippen LogP contribution in [0, 0.1) is 24.2 Å². The molecule has 2 atom stereocenters. The Bertz CT molecular complexity index is 793. The molecule has 24 heavy (non-hydrogen) atoms. The summed E-state index contributed by atoms with van der Waals surface area (Å²) in [5, 5.41) is 16.0. The van der Waals surface area contributed by atoms with Crippen LogP contribution in [-0.4, -0.2) is 33.8 Å². The molecule has 0 spiro atoms. The molecule has 0 saturated carbocycles. The zero-order valence-electron chi connectivity index (χ0n) is 13.7. The SMILES string of the molecule is Cc1nc(C(=O)NC[C@@H]2CCO[C@H]2c2ccnn2C)ccc1C#N. The lowest BCUT2D eigenvalue weighted by atomic mass is 9.99. The van der Waals surface area contributed by atoms with Gasteiger partial charge < -0.3 is 10.1 Å². The molecule has 2 aromatic rings. The fourth-order valence-electron chi connectivity index (χ4n) is 2.95. The van der Waals surface area contributed by atoms with Crippen molar-refractivity contribution < 1.29 is 9.53 Å². The van der Waals surface area contributed by atoms with Crippen molar-refractivity contribution in [1.82, 2.24) is 20.1 Å². The fourth-order valence-corrected chi connectivity index (χ4v) is 2.95. The number of amides is 1. The number of pyridine rings is 1. The molecule has 1 aliphatic heterocycles. The fraction of sp³-hybridized carbons (Fsp3) is 0.412. The lowest BCUT2D eigenvalue weighted by molar-refractivity contribution is 0.0799. The van der Waals surface area contributed by atoms with Crippen molar-refractivity contribution in [2.45, 2.75) is 19.4 Å². The Hall–Kier alpha value is -2.72. The third-order valence-electron chi connectivity index (χ3n) is 4.33. The van der Waals surface area contributed by atoms with Crippen molar-refractivity contribution in [2.24, 2.45) is 13.0 Å². The van der Waals surface area contributed by atoms with Crippen LogP contribution in [0.25, 0.3) is 0 Å². The van der Waals surface area contributed by atoms with Gasteiger partial charge in [-0.15, -0.1) is 0 Å². The number of rotatable bonds is 4. The van der Waals surface area contributed by atoms with Crippen LogP contribution in [0.5, 0.6) is 0 Å². The Labute approximate surface area is 140 Å². The van der Waals surface area contributed by atoms with Crippen LogP contribution in [0.15, 0.2) is 24.4 Å². The van der Waals surface area contributed by atoms with Gasteiger partial charge in [0, 0.05) is 32.3 Å². The molecular weight excluding hydrogens is 306 g/mol. The topological polar surface area (TPSA) is 92.8 Å². The van der Waals surface area contributed by atoms with Gasteiger partial charge in [0.05, 0.1) is 17.0 Å². The minimum absolute atomic E-state index is 0.0616. The maximum absolute atomic E-state index is 12.3. The van der Waals surface area contributed by atoms with Gasteiger partial charge in [-0.05, 0) is 31.5 Å². The van der Waals surface area contributed by atoms with Crippen molar-refractivity contribution in [3.63, 3.8) is 0 Å². The molecule has 3 heterocycles. The molecule has 0 aromatic carbocycles. The van der Waals surface area contributed by atoms with Crippen LogP contribution in [0.4, 0.5) is 0 Å². The summed E-state index contributed by atoms with van der Waals surface area (Å²) >= 11 is 0. The summed E-state index contributed by atoms with van der Waals surface area (Å²) in [5.74, 6) is -0.0397. The van der Waals surface area contributed by atoms with E-state index in [9.17, 15) is 4.79 Å². The van der Waals surface area contributed by atoms with Crippen molar-refractivity contribution in [3.8, 4) is 6.07 Å². The molecule has 0 radical (unpaired) electrons. The highest BCUT2D eigenvalue weighted by Gasteiger charge is 2.31. The van der Waals surface area contributed by atoms with Gasteiger partial charge in [-0.3, -0.25) is 9.48 Å². The Kier molecular flexibility index (Phi) is 4.58. The first-order valence-corrected chi connectivity index (χ1v) is 7.85. The van der Waals surface area contributed by atoms with E-state index in [1.807, 2.05) is 19.2 Å². The summed E-state index contributed by atoms with van der Waals surface area (Å²) in [6.45, 7) is 2.90. The molecule has 3 rings (SSSR count). The monoisotopic (exact) mass is 325 g/mol. The minimum Gasteiger partial charge on any atom is -0.372 e. The van der Waals surface area contributed by atoms with Gasteiger partial charge in [-0.25, -0.2) is 4.98 Å². The van der Waals surface area contributed by atoms with Crippen LogP contribution in [0.1, 0.15) is 40.0 Å². The Balaban J connectivity index is 1.65. The number of hydrogen-bond acceptors (Lipinski definition) is 5. The molecule has 7 heteroatoms. The highest BCUT2D eigenvalue weighted by Crippen LogP contribution is 2.33. The zero-order valence-corrected chi connectivity index (χ0v) is 13.7. The van der Waals surface area contributed by atoms with E-state index >= 15 is 0 Å². The second kappa shape index (κ2) is 6.81. The van der Waals surface area contributed by atoms with E-state index in [2.05, 4.69) is 15.4 Å². The molecule has 2 aromatic heterocycles. The number of hydrogen-bond donors (Lipinski definition) is 1. The van der Waals surface area contributed by atoms with Crippen LogP contribution in [0.2, 0.25) is 0 Å². The number of nitrogens with one attached hydrogen (secondary N) is 1. The molecule has 1 aliphatic rings. The van der Waals surface area contributed by atoms with Crippen LogP contribution in [-0.2, 0) is 11.8 Å². The number of aryl methyl sites for hydroxylation is 2. The minimum atomic E-state index is -0.238. The van der Waals surface area contributed by atoms with E-state index < -0.39 is 0 Å². The molecule has 1 N–H and O–H groups in total. The first-order valence-electron chi connectivity index (χ1n) is 7.85.